The van der Waals surface area contributed by atoms with Crippen LogP contribution in [0.15, 0.2) is 131 Å². The van der Waals surface area contributed by atoms with Crippen LogP contribution < -0.4 is 21.2 Å². The van der Waals surface area contributed by atoms with Gasteiger partial charge in [-0.3, -0.25) is 9.49 Å². The van der Waals surface area contributed by atoms with Gasteiger partial charge in [0.2, 0.25) is 0 Å². The molecule has 0 saturated heterocycles. The fourth-order valence-corrected chi connectivity index (χ4v) is 24.2. The molecule has 4 heteroatoms. The fraction of sp³-hybridized carbons (Fsp3) is 0.467. The summed E-state index contributed by atoms with van der Waals surface area (Å²) in [5, 5.41) is 5.87. The summed E-state index contributed by atoms with van der Waals surface area (Å²) in [4.78, 5) is 0. The molecule has 8 saturated carbocycles. The molecule has 0 aromatic heterocycles. The van der Waals surface area contributed by atoms with E-state index in [-0.39, 0.29) is 11.1 Å². The van der Waals surface area contributed by atoms with Crippen molar-refractivity contribution >= 4 is 35.3 Å². The largest absolute Gasteiger partial charge is 0.287 e. The summed E-state index contributed by atoms with van der Waals surface area (Å²) in [6.45, 7) is 0. The van der Waals surface area contributed by atoms with Gasteiger partial charge in [-0.05, 0) is 134 Å². The lowest BCUT2D eigenvalue weighted by atomic mass is 9.53. The maximum atomic E-state index is 6.65. The van der Waals surface area contributed by atoms with Crippen molar-refractivity contribution in [2.24, 2.45) is 45.0 Å². The van der Waals surface area contributed by atoms with Crippen molar-refractivity contribution in [3.8, 4) is 0 Å². The Bertz CT molecular complexity index is 1620. The molecule has 0 atom stereocenters. The molecule has 4 aromatic carbocycles. The highest BCUT2D eigenvalue weighted by Gasteiger charge is 2.54. The summed E-state index contributed by atoms with van der Waals surface area (Å²) in [6.07, 6.45) is 16.5. The summed E-state index contributed by atoms with van der Waals surface area (Å²) < 4.78 is 13.3. The molecule has 4 aromatic rings. The van der Waals surface area contributed by atoms with Crippen LogP contribution in [0.5, 0.6) is 0 Å². The zero-order chi connectivity index (χ0) is 32.5. The van der Waals surface area contributed by atoms with E-state index in [9.17, 15) is 0 Å². The van der Waals surface area contributed by atoms with Crippen LogP contribution in [-0.4, -0.2) is 17.0 Å². The van der Waals surface area contributed by atoms with Gasteiger partial charge < -0.3 is 0 Å². The summed E-state index contributed by atoms with van der Waals surface area (Å²) in [7, 11) is -4.66. The van der Waals surface area contributed by atoms with Crippen LogP contribution in [-0.2, 0) is 0 Å². The van der Waals surface area contributed by atoms with E-state index < -0.39 is 14.1 Å². The number of hydrogen-bond donors (Lipinski definition) is 0. The van der Waals surface area contributed by atoms with Gasteiger partial charge in [-0.2, -0.15) is 0 Å². The third kappa shape index (κ3) is 5.42. The van der Waals surface area contributed by atoms with Crippen LogP contribution in [0.1, 0.15) is 77.0 Å². The topological polar surface area (TPSA) is 24.7 Å². The van der Waals surface area contributed by atoms with E-state index in [0.717, 1.165) is 41.4 Å². The predicted molar refractivity (Wildman–Crippen MR) is 210 cm³/mol. The summed E-state index contributed by atoms with van der Waals surface area (Å²) >= 11 is 0. The second kappa shape index (κ2) is 12.0. The number of benzene rings is 4. The van der Waals surface area contributed by atoms with Gasteiger partial charge in [0.25, 0.3) is 0 Å². The molecule has 0 unspecified atom stereocenters. The lowest BCUT2D eigenvalue weighted by Crippen LogP contribution is -2.50. The monoisotopic (exact) mass is 682 g/mol. The molecule has 12 rings (SSSR count). The minimum atomic E-state index is -2.33. The molecule has 0 heterocycles. The molecule has 0 spiro atoms. The standard InChI is InChI=1S/C45H52N2P2/c1-5-13-40(14-6-1)48(41-15-7-2-8-16-41,46-44-27-34-21-35(28-44)23-36(22-34)29-44)33-49(42-17-9-3-10-18-42,43-19-11-4-12-20-43)47-45-30-37-24-38(31-45)26-39(25-37)32-45/h1-20,34-39H,21-33H2. The SMILES string of the molecule is c1ccc(P(CP(=NC23CC4CC(CC(C4)C2)C3)(c2ccccc2)c2ccccc2)(=NC23CC4CC(CC(C4)C2)C3)c2ccccc2)cc1. The maximum Gasteiger partial charge on any atom is 0.0609 e. The second-order valence-corrected chi connectivity index (χ2v) is 24.2. The van der Waals surface area contributed by atoms with E-state index in [2.05, 4.69) is 121 Å². The summed E-state index contributed by atoms with van der Waals surface area (Å²) in [5.74, 6) is 6.22. The molecule has 0 N–H and O–H groups in total. The highest BCUT2D eigenvalue weighted by atomic mass is 31.2. The third-order valence-corrected chi connectivity index (χ3v) is 23.3. The van der Waals surface area contributed by atoms with E-state index in [1.165, 1.54) is 98.3 Å². The lowest BCUT2D eigenvalue weighted by molar-refractivity contribution is 0.00250. The zero-order valence-electron chi connectivity index (χ0n) is 29.0. The average molecular weight is 683 g/mol. The minimum Gasteiger partial charge on any atom is -0.287 e. The van der Waals surface area contributed by atoms with Crippen LogP contribution in [0.3, 0.4) is 0 Å². The highest BCUT2D eigenvalue weighted by molar-refractivity contribution is 7.96. The average Bonchev–Trinajstić information content (AvgIpc) is 3.11. The summed E-state index contributed by atoms with van der Waals surface area (Å²) in [6, 6.07) is 46.9. The Labute approximate surface area is 294 Å². The molecule has 8 fully saturated rings. The van der Waals surface area contributed by atoms with Crippen molar-refractivity contribution in [1.82, 2.24) is 0 Å². The quantitative estimate of drug-likeness (QED) is 0.165. The van der Waals surface area contributed by atoms with Crippen molar-refractivity contribution in [3.63, 3.8) is 0 Å². The first kappa shape index (κ1) is 31.1. The minimum absolute atomic E-state index is 0.0952. The van der Waals surface area contributed by atoms with E-state index >= 15 is 0 Å². The first-order chi connectivity index (χ1) is 24.0. The molecular weight excluding hydrogens is 630 g/mol. The van der Waals surface area contributed by atoms with Crippen molar-refractivity contribution < 1.29 is 0 Å². The fourth-order valence-electron chi connectivity index (χ4n) is 13.0. The van der Waals surface area contributed by atoms with Gasteiger partial charge in [-0.1, -0.05) is 121 Å². The first-order valence-electron chi connectivity index (χ1n) is 19.5. The molecule has 0 aliphatic heterocycles. The molecule has 2 nitrogen and oxygen atoms in total. The van der Waals surface area contributed by atoms with Gasteiger partial charge in [0, 0.05) is 20.0 Å². The van der Waals surface area contributed by atoms with Crippen LogP contribution in [0, 0.1) is 35.5 Å². The molecule has 252 valence electrons. The number of nitrogens with zero attached hydrogens (tertiary/aromatic N) is 2. The van der Waals surface area contributed by atoms with Gasteiger partial charge >= 0.3 is 0 Å². The van der Waals surface area contributed by atoms with Crippen LogP contribution >= 0.6 is 14.1 Å². The Morgan fingerprint density at radius 1 is 0.367 bits per heavy atom. The molecule has 0 amide bonds. The van der Waals surface area contributed by atoms with Crippen LogP contribution in [0.25, 0.3) is 0 Å². The van der Waals surface area contributed by atoms with Gasteiger partial charge in [0.05, 0.1) is 11.1 Å². The lowest BCUT2D eigenvalue weighted by Gasteiger charge is -2.57. The number of hydrogen-bond acceptors (Lipinski definition) is 2. The Morgan fingerprint density at radius 2 is 0.592 bits per heavy atom. The molecule has 0 radical (unpaired) electrons. The Morgan fingerprint density at radius 3 is 0.816 bits per heavy atom. The highest BCUT2D eigenvalue weighted by Crippen LogP contribution is 2.69. The molecule has 49 heavy (non-hydrogen) atoms. The van der Waals surface area contributed by atoms with Crippen molar-refractivity contribution in [2.45, 2.75) is 88.1 Å². The van der Waals surface area contributed by atoms with E-state index in [4.69, 9.17) is 9.49 Å². The Balaban J connectivity index is 1.29. The van der Waals surface area contributed by atoms with Gasteiger partial charge in [-0.25, -0.2) is 0 Å². The van der Waals surface area contributed by atoms with E-state index in [1.54, 1.807) is 0 Å². The van der Waals surface area contributed by atoms with Crippen molar-refractivity contribution in [3.05, 3.63) is 121 Å². The molecule has 8 aliphatic rings. The predicted octanol–water partition coefficient (Wildman–Crippen LogP) is 10.6. The van der Waals surface area contributed by atoms with Crippen molar-refractivity contribution in [1.29, 1.82) is 0 Å². The van der Waals surface area contributed by atoms with Crippen LogP contribution in [0.2, 0.25) is 0 Å². The van der Waals surface area contributed by atoms with E-state index in [1.807, 2.05) is 0 Å². The Hall–Kier alpha value is -2.66. The Kier molecular flexibility index (Phi) is 7.59. The molecule has 8 aliphatic carbocycles. The van der Waals surface area contributed by atoms with Gasteiger partial charge in [0.1, 0.15) is 0 Å². The normalized spacial score (nSPS) is 34.2. The van der Waals surface area contributed by atoms with Gasteiger partial charge in [0.15, 0.2) is 0 Å². The van der Waals surface area contributed by atoms with Crippen molar-refractivity contribution in [2.75, 3.05) is 5.90 Å². The van der Waals surface area contributed by atoms with E-state index in [0.29, 0.717) is 0 Å². The second-order valence-electron chi connectivity index (χ2n) is 17.5. The van der Waals surface area contributed by atoms with Crippen LogP contribution in [0.4, 0.5) is 0 Å². The summed E-state index contributed by atoms with van der Waals surface area (Å²) in [5.41, 5.74) is 0.190. The smallest absolute Gasteiger partial charge is 0.0609 e. The first-order valence-corrected chi connectivity index (χ1v) is 23.3. The van der Waals surface area contributed by atoms with Gasteiger partial charge in [-0.15, -0.1) is 0 Å². The maximum absolute atomic E-state index is 6.65. The third-order valence-electron chi connectivity index (χ3n) is 13.9. The number of rotatable bonds is 8. The zero-order valence-corrected chi connectivity index (χ0v) is 30.8. The molecular formula is C45H52N2P2. The molecule has 8 bridgehead atoms.